The van der Waals surface area contributed by atoms with Gasteiger partial charge < -0.3 is 4.74 Å². The first kappa shape index (κ1) is 13.5. The van der Waals surface area contributed by atoms with Crippen molar-refractivity contribution >= 4 is 22.8 Å². The van der Waals surface area contributed by atoms with Crippen LogP contribution in [0, 0.1) is 13.8 Å². The molecule has 0 saturated carbocycles. The number of aryl methyl sites for hydroxylation is 2. The number of ether oxygens (including phenoxy) is 1. The van der Waals surface area contributed by atoms with Crippen molar-refractivity contribution in [3.63, 3.8) is 0 Å². The molecule has 0 atom stereocenters. The minimum Gasteiger partial charge on any atom is -0.457 e. The summed E-state index contributed by atoms with van der Waals surface area (Å²) >= 11 is 5.32. The lowest BCUT2D eigenvalue weighted by molar-refractivity contribution is -0.111. The van der Waals surface area contributed by atoms with E-state index in [1.165, 1.54) is 12.1 Å². The predicted octanol–water partition coefficient (Wildman–Crippen LogP) is 3.97. The Bertz CT molecular complexity index is 770. The van der Waals surface area contributed by atoms with Gasteiger partial charge in [0.1, 0.15) is 6.56 Å². The van der Waals surface area contributed by atoms with E-state index in [0.29, 0.717) is 11.1 Å². The Labute approximate surface area is 137 Å². The maximum atomic E-state index is 12.3. The van der Waals surface area contributed by atoms with Gasteiger partial charge >= 0.3 is 5.97 Å². The Morgan fingerprint density at radius 2 is 1.73 bits per heavy atom. The largest absolute Gasteiger partial charge is 0.457 e. The van der Waals surface area contributed by atoms with E-state index in [1.54, 1.807) is 31.2 Å². The molecule has 3 nitrogen and oxygen atoms in total. The SMILES string of the molecule is [2H]C([2H])(OC(=O)c1ccc(C)cc1C)c1ccc(CC(=O)Cl)cc1. The lowest BCUT2D eigenvalue weighted by Crippen LogP contribution is -2.07. The molecule has 0 spiro atoms. The van der Waals surface area contributed by atoms with Gasteiger partial charge in [-0.3, -0.25) is 4.79 Å². The molecule has 114 valence electrons. The Morgan fingerprint density at radius 1 is 1.09 bits per heavy atom. The number of rotatable bonds is 5. The maximum absolute atomic E-state index is 12.3. The van der Waals surface area contributed by atoms with Crippen LogP contribution in [0.25, 0.3) is 0 Å². The Hall–Kier alpha value is -2.13. The fourth-order valence-corrected chi connectivity index (χ4v) is 2.21. The molecule has 0 aliphatic rings. The van der Waals surface area contributed by atoms with E-state index in [0.717, 1.165) is 11.1 Å². The van der Waals surface area contributed by atoms with Gasteiger partial charge in [0.05, 0.1) is 8.30 Å². The normalized spacial score (nSPS) is 12.3. The van der Waals surface area contributed by atoms with Crippen LogP contribution in [0.2, 0.25) is 0 Å². The highest BCUT2D eigenvalue weighted by Crippen LogP contribution is 2.14. The van der Waals surface area contributed by atoms with E-state index in [9.17, 15) is 9.59 Å². The highest BCUT2D eigenvalue weighted by Gasteiger charge is 2.10. The van der Waals surface area contributed by atoms with Crippen molar-refractivity contribution in [2.45, 2.75) is 26.8 Å². The predicted molar refractivity (Wildman–Crippen MR) is 86.0 cm³/mol. The fourth-order valence-electron chi connectivity index (χ4n) is 2.05. The zero-order valence-electron chi connectivity index (χ0n) is 14.4. The molecule has 0 aromatic heterocycles. The second-order valence-corrected chi connectivity index (χ2v) is 5.46. The van der Waals surface area contributed by atoms with E-state index in [2.05, 4.69) is 0 Å². The second kappa shape index (κ2) is 7.23. The molecule has 0 unspecified atom stereocenters. The minimum atomic E-state index is -2.28. The Morgan fingerprint density at radius 3 is 2.32 bits per heavy atom. The Kier molecular flexibility index (Phi) is 4.45. The van der Waals surface area contributed by atoms with Gasteiger partial charge in [-0.15, -0.1) is 0 Å². The van der Waals surface area contributed by atoms with Crippen molar-refractivity contribution in [3.05, 3.63) is 70.3 Å². The van der Waals surface area contributed by atoms with Gasteiger partial charge in [0, 0.05) is 6.42 Å². The number of hydrogen-bond acceptors (Lipinski definition) is 3. The average Bonchev–Trinajstić information content (AvgIpc) is 2.46. The first-order valence-corrected chi connectivity index (χ1v) is 7.15. The molecule has 0 saturated heterocycles. The van der Waals surface area contributed by atoms with E-state index in [4.69, 9.17) is 19.1 Å². The van der Waals surface area contributed by atoms with Crippen LogP contribution in [0.1, 0.15) is 35.4 Å². The number of benzene rings is 2. The number of carbonyl (C=O) groups is 2. The zero-order chi connectivity index (χ0) is 17.9. The highest BCUT2D eigenvalue weighted by atomic mass is 35.5. The molecule has 0 amide bonds. The van der Waals surface area contributed by atoms with Gasteiger partial charge in [-0.05, 0) is 48.2 Å². The summed E-state index contributed by atoms with van der Waals surface area (Å²) in [6.45, 7) is 1.41. The third kappa shape index (κ3) is 4.43. The molecule has 4 heteroatoms. The molecule has 0 radical (unpaired) electrons. The maximum Gasteiger partial charge on any atom is 0.338 e. The molecule has 0 aliphatic heterocycles. The molecule has 2 aromatic rings. The van der Waals surface area contributed by atoms with E-state index in [1.807, 2.05) is 13.0 Å². The summed E-state index contributed by atoms with van der Waals surface area (Å²) in [6.07, 6.45) is 0.0627. The van der Waals surface area contributed by atoms with Gasteiger partial charge in [-0.25, -0.2) is 4.79 Å². The summed E-state index contributed by atoms with van der Waals surface area (Å²) in [5, 5.41) is -0.493. The van der Waals surface area contributed by atoms with Gasteiger partial charge in [0.15, 0.2) is 0 Å². The third-order valence-corrected chi connectivity index (χ3v) is 3.29. The summed E-state index contributed by atoms with van der Waals surface area (Å²) in [7, 11) is 0. The van der Waals surface area contributed by atoms with E-state index >= 15 is 0 Å². The van der Waals surface area contributed by atoms with Crippen LogP contribution in [-0.4, -0.2) is 11.2 Å². The molecule has 22 heavy (non-hydrogen) atoms. The summed E-state index contributed by atoms with van der Waals surface area (Å²) < 4.78 is 21.1. The molecule has 0 bridgehead atoms. The van der Waals surface area contributed by atoms with Crippen molar-refractivity contribution in [3.8, 4) is 0 Å². The first-order valence-electron chi connectivity index (χ1n) is 7.77. The van der Waals surface area contributed by atoms with Crippen molar-refractivity contribution in [2.24, 2.45) is 0 Å². The molecular formula is C18H17ClO3. The molecule has 0 N–H and O–H groups in total. The number of hydrogen-bond donors (Lipinski definition) is 0. The van der Waals surface area contributed by atoms with Crippen LogP contribution < -0.4 is 0 Å². The van der Waals surface area contributed by atoms with Crippen LogP contribution in [0.3, 0.4) is 0 Å². The smallest absolute Gasteiger partial charge is 0.338 e. The topological polar surface area (TPSA) is 43.4 Å². The molecule has 0 aliphatic carbocycles. The van der Waals surface area contributed by atoms with Crippen LogP contribution >= 0.6 is 11.6 Å². The second-order valence-electron chi connectivity index (χ2n) is 5.04. The van der Waals surface area contributed by atoms with Gasteiger partial charge in [-0.1, -0.05) is 42.0 Å². The Balaban J connectivity index is 2.17. The van der Waals surface area contributed by atoms with Crippen LogP contribution in [0.15, 0.2) is 42.5 Å². The summed E-state index contributed by atoms with van der Waals surface area (Å²) in [4.78, 5) is 23.1. The van der Waals surface area contributed by atoms with Crippen LogP contribution in [0.5, 0.6) is 0 Å². The van der Waals surface area contributed by atoms with Crippen LogP contribution in [0.4, 0.5) is 0 Å². The average molecular weight is 319 g/mol. The lowest BCUT2D eigenvalue weighted by Gasteiger charge is -2.08. The lowest BCUT2D eigenvalue weighted by atomic mass is 10.1. The number of esters is 1. The summed E-state index contributed by atoms with van der Waals surface area (Å²) in [5.41, 5.74) is 2.92. The number of carbonyl (C=O) groups excluding carboxylic acids is 2. The van der Waals surface area contributed by atoms with Crippen LogP contribution in [-0.2, 0) is 22.5 Å². The monoisotopic (exact) mass is 318 g/mol. The molecule has 2 aromatic carbocycles. The molecule has 0 fully saturated rings. The van der Waals surface area contributed by atoms with E-state index in [-0.39, 0.29) is 12.0 Å². The quantitative estimate of drug-likeness (QED) is 0.619. The standard InChI is InChI=1S/C18H17ClO3/c1-12-3-8-16(13(2)9-12)18(21)22-11-15-6-4-14(5-7-15)10-17(19)20/h3-9H,10-11H2,1-2H3/i11D2. The molecule has 2 rings (SSSR count). The van der Waals surface area contributed by atoms with Crippen molar-refractivity contribution in [1.29, 1.82) is 0 Å². The van der Waals surface area contributed by atoms with Gasteiger partial charge in [0.25, 0.3) is 0 Å². The summed E-state index contributed by atoms with van der Waals surface area (Å²) in [6, 6.07) is 11.4. The van der Waals surface area contributed by atoms with Crippen molar-refractivity contribution in [1.82, 2.24) is 0 Å². The van der Waals surface area contributed by atoms with Crippen molar-refractivity contribution < 1.29 is 17.1 Å². The van der Waals surface area contributed by atoms with Crippen molar-refractivity contribution in [2.75, 3.05) is 0 Å². The molecular weight excluding hydrogens is 300 g/mol. The van der Waals surface area contributed by atoms with Gasteiger partial charge in [0.2, 0.25) is 5.24 Å². The minimum absolute atomic E-state index is 0.0627. The van der Waals surface area contributed by atoms with Gasteiger partial charge in [-0.2, -0.15) is 0 Å². The zero-order valence-corrected chi connectivity index (χ0v) is 13.1. The molecule has 0 heterocycles. The number of halogens is 1. The van der Waals surface area contributed by atoms with E-state index < -0.39 is 17.8 Å². The summed E-state index contributed by atoms with van der Waals surface area (Å²) in [5.74, 6) is -0.725. The third-order valence-electron chi connectivity index (χ3n) is 3.16. The fraction of sp³-hybridized carbons (Fsp3) is 0.222. The first-order chi connectivity index (χ1) is 11.2. The highest BCUT2D eigenvalue weighted by molar-refractivity contribution is 6.63.